The normalized spacial score (nSPS) is 12.0. The summed E-state index contributed by atoms with van der Waals surface area (Å²) in [5.41, 5.74) is 3.81. The van der Waals surface area contributed by atoms with Gasteiger partial charge in [0.15, 0.2) is 0 Å². The Labute approximate surface area is 94.6 Å². The fraction of sp³-hybridized carbons (Fsp3) is 0.222. The third kappa shape index (κ3) is 2.94. The van der Waals surface area contributed by atoms with Gasteiger partial charge < -0.3 is 11.1 Å². The van der Waals surface area contributed by atoms with Crippen LogP contribution in [0.4, 0.5) is 20.2 Å². The van der Waals surface area contributed by atoms with Gasteiger partial charge in [-0.25, -0.2) is 4.39 Å². The van der Waals surface area contributed by atoms with Gasteiger partial charge in [-0.2, -0.15) is 4.39 Å². The predicted octanol–water partition coefficient (Wildman–Crippen LogP) is 1.16. The zero-order valence-corrected chi connectivity index (χ0v) is 8.74. The van der Waals surface area contributed by atoms with E-state index in [1.165, 1.54) is 6.92 Å². The Morgan fingerprint density at radius 2 is 2.06 bits per heavy atom. The number of carbonyl (C=O) groups excluding carboxylic acids is 1. The average molecular weight is 245 g/mol. The lowest BCUT2D eigenvalue weighted by molar-refractivity contribution is -0.387. The van der Waals surface area contributed by atoms with Crippen LogP contribution in [0.25, 0.3) is 0 Å². The molecule has 0 fully saturated rings. The molecule has 0 aliphatic heterocycles. The van der Waals surface area contributed by atoms with Crippen LogP contribution in [0.1, 0.15) is 6.92 Å². The van der Waals surface area contributed by atoms with Crippen molar-refractivity contribution in [3.05, 3.63) is 33.9 Å². The SMILES string of the molecule is C[C@@H](N)C(=O)Nc1cc([N+](=O)[O-])c(F)cc1F. The lowest BCUT2D eigenvalue weighted by Gasteiger charge is -2.08. The highest BCUT2D eigenvalue weighted by Gasteiger charge is 2.20. The first-order valence-corrected chi connectivity index (χ1v) is 4.52. The average Bonchev–Trinajstić information content (AvgIpc) is 2.21. The summed E-state index contributed by atoms with van der Waals surface area (Å²) in [5, 5.41) is 12.4. The van der Waals surface area contributed by atoms with E-state index in [2.05, 4.69) is 0 Å². The Bertz CT molecular complexity index is 477. The zero-order valence-electron chi connectivity index (χ0n) is 8.74. The second-order valence-corrected chi connectivity index (χ2v) is 3.32. The summed E-state index contributed by atoms with van der Waals surface area (Å²) in [5.74, 6) is -3.15. The number of amides is 1. The summed E-state index contributed by atoms with van der Waals surface area (Å²) in [6, 6.07) is 0.0124. The van der Waals surface area contributed by atoms with Crippen LogP contribution >= 0.6 is 0 Å². The fourth-order valence-corrected chi connectivity index (χ4v) is 1.02. The highest BCUT2D eigenvalue weighted by molar-refractivity contribution is 5.94. The number of halogens is 2. The van der Waals surface area contributed by atoms with Gasteiger partial charge in [-0.1, -0.05) is 0 Å². The summed E-state index contributed by atoms with van der Waals surface area (Å²) in [4.78, 5) is 20.6. The second kappa shape index (κ2) is 4.83. The van der Waals surface area contributed by atoms with Crippen LogP contribution in [-0.2, 0) is 4.79 Å². The Kier molecular flexibility index (Phi) is 3.69. The standard InChI is InChI=1S/C9H9F2N3O3/c1-4(12)9(15)13-7-3-8(14(16)17)6(11)2-5(7)10/h2-4H,12H2,1H3,(H,13,15)/t4-/m1/s1. The highest BCUT2D eigenvalue weighted by Crippen LogP contribution is 2.25. The molecule has 0 heterocycles. The number of nitrogens with two attached hydrogens (primary N) is 1. The van der Waals surface area contributed by atoms with E-state index in [0.717, 1.165) is 0 Å². The first kappa shape index (κ1) is 13.0. The van der Waals surface area contributed by atoms with Gasteiger partial charge in [-0.15, -0.1) is 0 Å². The van der Waals surface area contributed by atoms with E-state index < -0.39 is 39.9 Å². The van der Waals surface area contributed by atoms with Crippen LogP contribution in [0.5, 0.6) is 0 Å². The number of rotatable bonds is 3. The Hall–Kier alpha value is -2.09. The van der Waals surface area contributed by atoms with Crippen molar-refractivity contribution in [3.8, 4) is 0 Å². The maximum atomic E-state index is 13.2. The third-order valence-corrected chi connectivity index (χ3v) is 1.90. The molecule has 0 radical (unpaired) electrons. The number of hydrogen-bond acceptors (Lipinski definition) is 4. The van der Waals surface area contributed by atoms with Gasteiger partial charge in [0.1, 0.15) is 5.82 Å². The van der Waals surface area contributed by atoms with Crippen LogP contribution < -0.4 is 11.1 Å². The minimum absolute atomic E-state index is 0.328. The number of nitrogens with zero attached hydrogens (tertiary/aromatic N) is 1. The van der Waals surface area contributed by atoms with Crippen molar-refractivity contribution in [1.29, 1.82) is 0 Å². The molecule has 1 aromatic carbocycles. The summed E-state index contributed by atoms with van der Waals surface area (Å²) < 4.78 is 26.2. The molecule has 0 spiro atoms. The predicted molar refractivity (Wildman–Crippen MR) is 55.3 cm³/mol. The van der Waals surface area contributed by atoms with Gasteiger partial charge in [0.05, 0.1) is 16.7 Å². The number of hydrogen-bond donors (Lipinski definition) is 2. The lowest BCUT2D eigenvalue weighted by Crippen LogP contribution is -2.32. The molecule has 1 amide bonds. The van der Waals surface area contributed by atoms with E-state index in [-0.39, 0.29) is 0 Å². The van der Waals surface area contributed by atoms with Crippen molar-refractivity contribution in [3.63, 3.8) is 0 Å². The van der Waals surface area contributed by atoms with E-state index in [0.29, 0.717) is 12.1 Å². The molecule has 0 bridgehead atoms. The molecular formula is C9H9F2N3O3. The maximum Gasteiger partial charge on any atom is 0.307 e. The van der Waals surface area contributed by atoms with Crippen molar-refractivity contribution < 1.29 is 18.5 Å². The molecule has 0 saturated heterocycles. The van der Waals surface area contributed by atoms with Gasteiger partial charge in [0.25, 0.3) is 0 Å². The van der Waals surface area contributed by atoms with Crippen molar-refractivity contribution >= 4 is 17.3 Å². The Morgan fingerprint density at radius 3 is 2.53 bits per heavy atom. The molecule has 0 aliphatic rings. The molecule has 1 atom stereocenters. The molecule has 3 N–H and O–H groups in total. The van der Waals surface area contributed by atoms with Gasteiger partial charge >= 0.3 is 5.69 Å². The van der Waals surface area contributed by atoms with E-state index >= 15 is 0 Å². The van der Waals surface area contributed by atoms with Crippen LogP contribution in [0.2, 0.25) is 0 Å². The molecule has 6 nitrogen and oxygen atoms in total. The van der Waals surface area contributed by atoms with Crippen LogP contribution in [0.3, 0.4) is 0 Å². The number of nitro groups is 1. The molecular weight excluding hydrogens is 236 g/mol. The topological polar surface area (TPSA) is 98.3 Å². The number of anilines is 1. The van der Waals surface area contributed by atoms with Crippen molar-refractivity contribution in [2.45, 2.75) is 13.0 Å². The number of carbonyl (C=O) groups is 1. The van der Waals surface area contributed by atoms with Crippen molar-refractivity contribution in [2.75, 3.05) is 5.32 Å². The third-order valence-electron chi connectivity index (χ3n) is 1.90. The summed E-state index contributed by atoms with van der Waals surface area (Å²) >= 11 is 0. The number of nitrogens with one attached hydrogen (secondary N) is 1. The lowest BCUT2D eigenvalue weighted by atomic mass is 10.2. The molecule has 0 unspecified atom stereocenters. The first-order valence-electron chi connectivity index (χ1n) is 4.52. The van der Waals surface area contributed by atoms with E-state index in [4.69, 9.17) is 5.73 Å². The second-order valence-electron chi connectivity index (χ2n) is 3.32. The van der Waals surface area contributed by atoms with Crippen LogP contribution in [0, 0.1) is 21.7 Å². The minimum Gasteiger partial charge on any atom is -0.322 e. The van der Waals surface area contributed by atoms with Crippen molar-refractivity contribution in [1.82, 2.24) is 0 Å². The fourth-order valence-electron chi connectivity index (χ4n) is 1.02. The molecule has 0 saturated carbocycles. The quantitative estimate of drug-likeness (QED) is 0.616. The summed E-state index contributed by atoms with van der Waals surface area (Å²) in [6.45, 7) is 1.35. The summed E-state index contributed by atoms with van der Waals surface area (Å²) in [6.07, 6.45) is 0. The monoisotopic (exact) mass is 245 g/mol. The smallest absolute Gasteiger partial charge is 0.307 e. The molecule has 0 aliphatic carbocycles. The van der Waals surface area contributed by atoms with Gasteiger partial charge in [-0.3, -0.25) is 14.9 Å². The van der Waals surface area contributed by atoms with Crippen molar-refractivity contribution in [2.24, 2.45) is 5.73 Å². The largest absolute Gasteiger partial charge is 0.322 e. The van der Waals surface area contributed by atoms with Gasteiger partial charge in [0.2, 0.25) is 11.7 Å². The number of benzene rings is 1. The zero-order chi connectivity index (χ0) is 13.2. The van der Waals surface area contributed by atoms with E-state index in [9.17, 15) is 23.7 Å². The summed E-state index contributed by atoms with van der Waals surface area (Å²) in [7, 11) is 0. The highest BCUT2D eigenvalue weighted by atomic mass is 19.1. The maximum absolute atomic E-state index is 13.2. The van der Waals surface area contributed by atoms with Crippen LogP contribution in [-0.4, -0.2) is 16.9 Å². The Morgan fingerprint density at radius 1 is 1.47 bits per heavy atom. The molecule has 8 heteroatoms. The minimum atomic E-state index is -1.31. The first-order chi connectivity index (χ1) is 7.82. The Balaban J connectivity index is 3.12. The molecule has 1 aromatic rings. The molecule has 92 valence electrons. The molecule has 17 heavy (non-hydrogen) atoms. The molecule has 1 rings (SSSR count). The number of nitro benzene ring substituents is 1. The molecule has 0 aromatic heterocycles. The van der Waals surface area contributed by atoms with E-state index in [1.807, 2.05) is 5.32 Å². The van der Waals surface area contributed by atoms with E-state index in [1.54, 1.807) is 0 Å². The van der Waals surface area contributed by atoms with Gasteiger partial charge in [0, 0.05) is 12.1 Å². The van der Waals surface area contributed by atoms with Crippen LogP contribution in [0.15, 0.2) is 12.1 Å². The van der Waals surface area contributed by atoms with Gasteiger partial charge in [-0.05, 0) is 6.92 Å².